The van der Waals surface area contributed by atoms with Crippen LogP contribution < -0.4 is 5.32 Å². The number of thioether (sulfide) groups is 1. The van der Waals surface area contributed by atoms with E-state index in [1.807, 2.05) is 0 Å². The number of rotatable bonds is 6. The van der Waals surface area contributed by atoms with E-state index in [0.29, 0.717) is 11.5 Å². The lowest BCUT2D eigenvalue weighted by Gasteiger charge is -2.36. The first kappa shape index (κ1) is 16.7. The first-order chi connectivity index (χ1) is 10.0. The second-order valence-electron chi connectivity index (χ2n) is 6.84. The number of nitrogens with zero attached hydrogens (tertiary/aromatic N) is 1. The van der Waals surface area contributed by atoms with Crippen molar-refractivity contribution in [3.05, 3.63) is 29.8 Å². The summed E-state index contributed by atoms with van der Waals surface area (Å²) < 4.78 is 0. The molecule has 1 saturated heterocycles. The molecule has 0 radical (unpaired) electrons. The van der Waals surface area contributed by atoms with Crippen LogP contribution in [0.25, 0.3) is 0 Å². The van der Waals surface area contributed by atoms with E-state index in [9.17, 15) is 0 Å². The molecule has 1 aliphatic rings. The molecule has 0 spiro atoms. The minimum Gasteiger partial charge on any atom is -0.381 e. The van der Waals surface area contributed by atoms with Gasteiger partial charge in [0.25, 0.3) is 0 Å². The standard InChI is InChI=1S/C18H30N2S/c1-5-20(6-2)12-15-9-7-8-10-17(15)19-16-11-18(3,4)14-21-13-16/h7-10,16,19H,5-6,11-14H2,1-4H3. The Labute approximate surface area is 134 Å². The summed E-state index contributed by atoms with van der Waals surface area (Å²) in [5, 5.41) is 3.81. The van der Waals surface area contributed by atoms with Gasteiger partial charge in [0, 0.05) is 24.0 Å². The number of anilines is 1. The Morgan fingerprint density at radius 3 is 2.62 bits per heavy atom. The molecule has 1 aliphatic heterocycles. The van der Waals surface area contributed by atoms with Gasteiger partial charge < -0.3 is 5.32 Å². The predicted molar refractivity (Wildman–Crippen MR) is 96.2 cm³/mol. The molecule has 1 N–H and O–H groups in total. The molecule has 0 aromatic heterocycles. The molecular weight excluding hydrogens is 276 g/mol. The fourth-order valence-corrected chi connectivity index (χ4v) is 4.34. The summed E-state index contributed by atoms with van der Waals surface area (Å²) in [6.45, 7) is 12.5. The van der Waals surface area contributed by atoms with E-state index in [1.165, 1.54) is 29.2 Å². The summed E-state index contributed by atoms with van der Waals surface area (Å²) in [4.78, 5) is 2.47. The maximum atomic E-state index is 3.81. The van der Waals surface area contributed by atoms with Gasteiger partial charge in [0.2, 0.25) is 0 Å². The molecule has 2 rings (SSSR count). The van der Waals surface area contributed by atoms with Crippen LogP contribution in [0.15, 0.2) is 24.3 Å². The average Bonchev–Trinajstić information content (AvgIpc) is 2.45. The molecule has 1 aromatic carbocycles. The van der Waals surface area contributed by atoms with E-state index in [1.54, 1.807) is 0 Å². The van der Waals surface area contributed by atoms with Crippen molar-refractivity contribution in [1.82, 2.24) is 4.90 Å². The van der Waals surface area contributed by atoms with Gasteiger partial charge in [0.05, 0.1) is 0 Å². The Kier molecular flexibility index (Phi) is 6.00. The summed E-state index contributed by atoms with van der Waals surface area (Å²) in [6, 6.07) is 9.41. The van der Waals surface area contributed by atoms with Crippen LogP contribution in [0.3, 0.4) is 0 Å². The SMILES string of the molecule is CCN(CC)Cc1ccccc1NC1CSCC(C)(C)C1. The van der Waals surface area contributed by atoms with Crippen LogP contribution in [0.1, 0.15) is 39.7 Å². The predicted octanol–water partition coefficient (Wildman–Crippen LogP) is 4.47. The topological polar surface area (TPSA) is 15.3 Å². The molecular formula is C18H30N2S. The second kappa shape index (κ2) is 7.55. The molecule has 0 bridgehead atoms. The van der Waals surface area contributed by atoms with Gasteiger partial charge in [-0.3, -0.25) is 4.90 Å². The lowest BCUT2D eigenvalue weighted by Crippen LogP contribution is -2.35. The van der Waals surface area contributed by atoms with Crippen LogP contribution in [0.2, 0.25) is 0 Å². The molecule has 1 aromatic rings. The van der Waals surface area contributed by atoms with E-state index in [2.05, 4.69) is 73.9 Å². The third-order valence-corrected chi connectivity index (χ3v) is 5.90. The van der Waals surface area contributed by atoms with E-state index < -0.39 is 0 Å². The van der Waals surface area contributed by atoms with Crippen molar-refractivity contribution in [2.75, 3.05) is 29.9 Å². The highest BCUT2D eigenvalue weighted by Gasteiger charge is 2.28. The largest absolute Gasteiger partial charge is 0.381 e. The minimum atomic E-state index is 0.453. The Bertz CT molecular complexity index is 441. The quantitative estimate of drug-likeness (QED) is 0.834. The molecule has 0 saturated carbocycles. The van der Waals surface area contributed by atoms with Crippen molar-refractivity contribution in [3.8, 4) is 0 Å². The number of nitrogens with one attached hydrogen (secondary N) is 1. The lowest BCUT2D eigenvalue weighted by molar-refractivity contribution is 0.296. The Morgan fingerprint density at radius 2 is 1.95 bits per heavy atom. The minimum absolute atomic E-state index is 0.453. The summed E-state index contributed by atoms with van der Waals surface area (Å²) in [6.07, 6.45) is 1.26. The van der Waals surface area contributed by atoms with Crippen LogP contribution in [0.5, 0.6) is 0 Å². The van der Waals surface area contributed by atoms with Crippen molar-refractivity contribution in [3.63, 3.8) is 0 Å². The van der Waals surface area contributed by atoms with Gasteiger partial charge in [0.15, 0.2) is 0 Å². The van der Waals surface area contributed by atoms with E-state index in [-0.39, 0.29) is 0 Å². The molecule has 0 amide bonds. The van der Waals surface area contributed by atoms with E-state index in [0.717, 1.165) is 19.6 Å². The summed E-state index contributed by atoms with van der Waals surface area (Å²) in [5.41, 5.74) is 3.20. The molecule has 0 aliphatic carbocycles. The molecule has 1 unspecified atom stereocenters. The van der Waals surface area contributed by atoms with Crippen LogP contribution in [-0.2, 0) is 6.54 Å². The third-order valence-electron chi connectivity index (χ3n) is 4.28. The van der Waals surface area contributed by atoms with Gasteiger partial charge in [-0.25, -0.2) is 0 Å². The van der Waals surface area contributed by atoms with Crippen LogP contribution in [0, 0.1) is 5.41 Å². The Balaban J connectivity index is 2.06. The van der Waals surface area contributed by atoms with Crippen molar-refractivity contribution in [1.29, 1.82) is 0 Å². The van der Waals surface area contributed by atoms with Crippen molar-refractivity contribution < 1.29 is 0 Å². The highest BCUT2D eigenvalue weighted by atomic mass is 32.2. The molecule has 3 heteroatoms. The van der Waals surface area contributed by atoms with Crippen molar-refractivity contribution >= 4 is 17.4 Å². The summed E-state index contributed by atoms with van der Waals surface area (Å²) in [7, 11) is 0. The number of para-hydroxylation sites is 1. The second-order valence-corrected chi connectivity index (χ2v) is 7.87. The number of benzene rings is 1. The van der Waals surface area contributed by atoms with Gasteiger partial charge in [-0.05, 0) is 42.3 Å². The van der Waals surface area contributed by atoms with Crippen LogP contribution in [0.4, 0.5) is 5.69 Å². The normalized spacial score (nSPS) is 21.5. The average molecular weight is 307 g/mol. The molecule has 1 fully saturated rings. The Morgan fingerprint density at radius 1 is 1.24 bits per heavy atom. The van der Waals surface area contributed by atoms with E-state index in [4.69, 9.17) is 0 Å². The first-order valence-corrected chi connectivity index (χ1v) is 9.34. The lowest BCUT2D eigenvalue weighted by atomic mass is 9.87. The molecule has 2 nitrogen and oxygen atoms in total. The van der Waals surface area contributed by atoms with Crippen LogP contribution >= 0.6 is 11.8 Å². The fourth-order valence-electron chi connectivity index (χ4n) is 3.06. The third kappa shape index (κ3) is 4.93. The van der Waals surface area contributed by atoms with Gasteiger partial charge in [-0.15, -0.1) is 0 Å². The van der Waals surface area contributed by atoms with Gasteiger partial charge in [-0.2, -0.15) is 11.8 Å². The highest BCUT2D eigenvalue weighted by Crippen LogP contribution is 2.35. The summed E-state index contributed by atoms with van der Waals surface area (Å²) >= 11 is 2.09. The highest BCUT2D eigenvalue weighted by molar-refractivity contribution is 7.99. The Hall–Kier alpha value is -0.670. The monoisotopic (exact) mass is 306 g/mol. The zero-order chi connectivity index (χ0) is 15.3. The molecule has 21 heavy (non-hydrogen) atoms. The zero-order valence-electron chi connectivity index (χ0n) is 14.0. The molecule has 1 heterocycles. The molecule has 118 valence electrons. The van der Waals surface area contributed by atoms with Crippen molar-refractivity contribution in [2.24, 2.45) is 5.41 Å². The number of hydrogen-bond donors (Lipinski definition) is 1. The number of hydrogen-bond acceptors (Lipinski definition) is 3. The van der Waals surface area contributed by atoms with Gasteiger partial charge in [-0.1, -0.05) is 45.9 Å². The molecule has 1 atom stereocenters. The van der Waals surface area contributed by atoms with Gasteiger partial charge >= 0.3 is 0 Å². The fraction of sp³-hybridized carbons (Fsp3) is 0.667. The first-order valence-electron chi connectivity index (χ1n) is 8.18. The zero-order valence-corrected chi connectivity index (χ0v) is 14.8. The van der Waals surface area contributed by atoms with Gasteiger partial charge in [0.1, 0.15) is 0 Å². The van der Waals surface area contributed by atoms with Crippen molar-refractivity contribution in [2.45, 2.75) is 46.7 Å². The maximum absolute atomic E-state index is 3.81. The maximum Gasteiger partial charge on any atom is 0.0388 e. The van der Waals surface area contributed by atoms with Crippen LogP contribution in [-0.4, -0.2) is 35.5 Å². The smallest absolute Gasteiger partial charge is 0.0388 e. The summed E-state index contributed by atoms with van der Waals surface area (Å²) in [5.74, 6) is 2.51. The van der Waals surface area contributed by atoms with E-state index >= 15 is 0 Å².